The van der Waals surface area contributed by atoms with E-state index >= 15 is 0 Å². The molecule has 0 unspecified atom stereocenters. The molecular formula is C21H28N2O5S. The van der Waals surface area contributed by atoms with Gasteiger partial charge in [-0.05, 0) is 36.8 Å². The summed E-state index contributed by atoms with van der Waals surface area (Å²) in [6.45, 7) is 4.09. The summed E-state index contributed by atoms with van der Waals surface area (Å²) >= 11 is 0. The molecule has 2 atom stereocenters. The van der Waals surface area contributed by atoms with Gasteiger partial charge in [-0.2, -0.15) is 4.31 Å². The molecule has 2 aromatic rings. The Morgan fingerprint density at radius 1 is 1.10 bits per heavy atom. The molecule has 1 aliphatic heterocycles. The number of aliphatic hydroxyl groups excluding tert-OH is 1. The number of ether oxygens (including phenoxy) is 2. The van der Waals surface area contributed by atoms with Gasteiger partial charge in [0.25, 0.3) is 0 Å². The lowest BCUT2D eigenvalue weighted by molar-refractivity contribution is 0.0730. The number of morpholine rings is 1. The lowest BCUT2D eigenvalue weighted by Crippen LogP contribution is -2.40. The summed E-state index contributed by atoms with van der Waals surface area (Å²) < 4.78 is 37.5. The van der Waals surface area contributed by atoms with Gasteiger partial charge < -0.3 is 19.9 Å². The molecule has 2 aromatic carbocycles. The Labute approximate surface area is 172 Å². The number of aliphatic hydroxyl groups is 1. The van der Waals surface area contributed by atoms with Crippen molar-refractivity contribution in [2.45, 2.75) is 24.0 Å². The molecule has 2 N–H and O–H groups in total. The van der Waals surface area contributed by atoms with Crippen molar-refractivity contribution in [3.8, 4) is 5.75 Å². The van der Waals surface area contributed by atoms with Crippen LogP contribution in [0.25, 0.3) is 0 Å². The van der Waals surface area contributed by atoms with Crippen LogP contribution in [-0.2, 0) is 14.8 Å². The van der Waals surface area contributed by atoms with E-state index in [2.05, 4.69) is 5.32 Å². The molecule has 1 saturated heterocycles. The van der Waals surface area contributed by atoms with Crippen molar-refractivity contribution in [1.82, 2.24) is 9.62 Å². The van der Waals surface area contributed by atoms with Crippen molar-refractivity contribution in [3.05, 3.63) is 60.2 Å². The topological polar surface area (TPSA) is 88.1 Å². The van der Waals surface area contributed by atoms with E-state index in [-0.39, 0.29) is 17.5 Å². The van der Waals surface area contributed by atoms with Crippen molar-refractivity contribution in [1.29, 1.82) is 0 Å². The lowest BCUT2D eigenvalue weighted by atomic mass is 10.1. The molecular weight excluding hydrogens is 392 g/mol. The Balaban J connectivity index is 1.47. The van der Waals surface area contributed by atoms with Gasteiger partial charge in [-0.25, -0.2) is 8.42 Å². The second kappa shape index (κ2) is 10.2. The molecule has 0 spiro atoms. The first-order valence-electron chi connectivity index (χ1n) is 9.74. The highest BCUT2D eigenvalue weighted by Crippen LogP contribution is 2.20. The molecule has 8 heteroatoms. The third-order valence-electron chi connectivity index (χ3n) is 4.83. The maximum absolute atomic E-state index is 12.6. The summed E-state index contributed by atoms with van der Waals surface area (Å²) in [5.41, 5.74) is 1.15. The van der Waals surface area contributed by atoms with Gasteiger partial charge in [-0.15, -0.1) is 0 Å². The first-order valence-corrected chi connectivity index (χ1v) is 11.2. The second-order valence-electron chi connectivity index (χ2n) is 6.99. The highest BCUT2D eigenvalue weighted by molar-refractivity contribution is 7.89. The van der Waals surface area contributed by atoms with Gasteiger partial charge in [0.05, 0.1) is 18.1 Å². The van der Waals surface area contributed by atoms with Crippen molar-refractivity contribution in [2.75, 3.05) is 39.5 Å². The summed E-state index contributed by atoms with van der Waals surface area (Å²) in [4.78, 5) is 0.227. The number of nitrogens with one attached hydrogen (secondary N) is 1. The van der Waals surface area contributed by atoms with E-state index in [4.69, 9.17) is 9.47 Å². The Bertz CT molecular complexity index is 852. The quantitative estimate of drug-likeness (QED) is 0.643. The van der Waals surface area contributed by atoms with Crippen molar-refractivity contribution < 1.29 is 23.0 Å². The predicted octanol–water partition coefficient (Wildman–Crippen LogP) is 1.80. The highest BCUT2D eigenvalue weighted by atomic mass is 32.2. The van der Waals surface area contributed by atoms with E-state index < -0.39 is 16.1 Å². The first kappa shape index (κ1) is 21.7. The summed E-state index contributed by atoms with van der Waals surface area (Å²) in [5, 5.41) is 13.4. The van der Waals surface area contributed by atoms with Crippen LogP contribution in [0.5, 0.6) is 5.75 Å². The minimum atomic E-state index is -3.52. The van der Waals surface area contributed by atoms with E-state index in [1.807, 2.05) is 37.3 Å². The van der Waals surface area contributed by atoms with Crippen molar-refractivity contribution >= 4 is 10.0 Å². The minimum Gasteiger partial charge on any atom is -0.491 e. The molecule has 1 fully saturated rings. The number of hydrogen-bond donors (Lipinski definition) is 2. The summed E-state index contributed by atoms with van der Waals surface area (Å²) in [7, 11) is -3.52. The fourth-order valence-electron chi connectivity index (χ4n) is 3.07. The monoisotopic (exact) mass is 420 g/mol. The molecule has 0 aromatic heterocycles. The molecule has 0 saturated carbocycles. The fourth-order valence-corrected chi connectivity index (χ4v) is 4.48. The lowest BCUT2D eigenvalue weighted by Gasteiger charge is -2.26. The molecule has 0 amide bonds. The Hall–Kier alpha value is -1.97. The van der Waals surface area contributed by atoms with Gasteiger partial charge >= 0.3 is 0 Å². The zero-order valence-electron chi connectivity index (χ0n) is 16.5. The van der Waals surface area contributed by atoms with E-state index in [9.17, 15) is 13.5 Å². The zero-order valence-corrected chi connectivity index (χ0v) is 17.3. The molecule has 7 nitrogen and oxygen atoms in total. The van der Waals surface area contributed by atoms with Crippen LogP contribution >= 0.6 is 0 Å². The standard InChI is InChI=1S/C21H28N2O5S/c1-17(18-5-3-2-4-6-18)22-15-19(24)16-28-20-7-9-21(10-8-20)29(25,26)23-11-13-27-14-12-23/h2-10,17,19,22,24H,11-16H2,1H3/t17-,19+/m0/s1. The van der Waals surface area contributed by atoms with Crippen LogP contribution in [0.3, 0.4) is 0 Å². The normalized spacial score (nSPS) is 17.6. The molecule has 0 bridgehead atoms. The Kier molecular flexibility index (Phi) is 7.63. The first-order chi connectivity index (χ1) is 14.0. The van der Waals surface area contributed by atoms with E-state index in [1.165, 1.54) is 16.4 Å². The smallest absolute Gasteiger partial charge is 0.243 e. The van der Waals surface area contributed by atoms with Crippen LogP contribution in [0.15, 0.2) is 59.5 Å². The molecule has 1 heterocycles. The summed E-state index contributed by atoms with van der Waals surface area (Å²) in [5.74, 6) is 0.515. The Morgan fingerprint density at radius 2 is 1.76 bits per heavy atom. The van der Waals surface area contributed by atoms with E-state index in [0.717, 1.165) is 5.56 Å². The summed E-state index contributed by atoms with van der Waals surface area (Å²) in [6, 6.07) is 16.4. The number of sulfonamides is 1. The van der Waals surface area contributed by atoms with Crippen molar-refractivity contribution in [3.63, 3.8) is 0 Å². The molecule has 0 aliphatic carbocycles. The third-order valence-corrected chi connectivity index (χ3v) is 6.75. The van der Waals surface area contributed by atoms with Crippen LogP contribution in [-0.4, -0.2) is 63.4 Å². The zero-order chi connectivity index (χ0) is 20.7. The average molecular weight is 421 g/mol. The fraction of sp³-hybridized carbons (Fsp3) is 0.429. The van der Waals surface area contributed by atoms with E-state index in [0.29, 0.717) is 38.6 Å². The van der Waals surface area contributed by atoms with E-state index in [1.54, 1.807) is 12.1 Å². The van der Waals surface area contributed by atoms with Crippen LogP contribution in [0.1, 0.15) is 18.5 Å². The van der Waals surface area contributed by atoms with Gasteiger partial charge in [0.2, 0.25) is 10.0 Å². The number of hydrogen-bond acceptors (Lipinski definition) is 6. The largest absolute Gasteiger partial charge is 0.491 e. The Morgan fingerprint density at radius 3 is 2.41 bits per heavy atom. The SMILES string of the molecule is C[C@H](NC[C@@H](O)COc1ccc(S(=O)(=O)N2CCOCC2)cc1)c1ccccc1. The molecule has 3 rings (SSSR count). The molecule has 29 heavy (non-hydrogen) atoms. The summed E-state index contributed by atoms with van der Waals surface area (Å²) in [6.07, 6.45) is -0.682. The van der Waals surface area contributed by atoms with Crippen molar-refractivity contribution in [2.24, 2.45) is 0 Å². The van der Waals surface area contributed by atoms with Gasteiger partial charge in [0.15, 0.2) is 0 Å². The van der Waals surface area contributed by atoms with Crippen LogP contribution in [0.2, 0.25) is 0 Å². The number of benzene rings is 2. The predicted molar refractivity (Wildman–Crippen MR) is 110 cm³/mol. The highest BCUT2D eigenvalue weighted by Gasteiger charge is 2.26. The van der Waals surface area contributed by atoms with Gasteiger partial charge in [0.1, 0.15) is 18.5 Å². The van der Waals surface area contributed by atoms with Crippen LogP contribution < -0.4 is 10.1 Å². The average Bonchev–Trinajstić information content (AvgIpc) is 2.77. The number of nitrogens with zero attached hydrogens (tertiary/aromatic N) is 1. The molecule has 0 radical (unpaired) electrons. The second-order valence-corrected chi connectivity index (χ2v) is 8.93. The minimum absolute atomic E-state index is 0.115. The molecule has 158 valence electrons. The van der Waals surface area contributed by atoms with Gasteiger partial charge in [-0.3, -0.25) is 0 Å². The van der Waals surface area contributed by atoms with Crippen LogP contribution in [0.4, 0.5) is 0 Å². The maximum Gasteiger partial charge on any atom is 0.243 e. The molecule has 1 aliphatic rings. The van der Waals surface area contributed by atoms with Crippen LogP contribution in [0, 0.1) is 0 Å². The van der Waals surface area contributed by atoms with Gasteiger partial charge in [-0.1, -0.05) is 30.3 Å². The van der Waals surface area contributed by atoms with Gasteiger partial charge in [0, 0.05) is 25.7 Å². The number of rotatable bonds is 9. The third kappa shape index (κ3) is 6.01. The maximum atomic E-state index is 12.6.